The molecule has 94 valence electrons. The third kappa shape index (κ3) is 2.91. The quantitative estimate of drug-likeness (QED) is 0.898. The van der Waals surface area contributed by atoms with E-state index in [1.54, 1.807) is 19.2 Å². The van der Waals surface area contributed by atoms with Crippen LogP contribution in [0.4, 0.5) is 5.69 Å². The first-order valence-electron chi connectivity index (χ1n) is 5.68. The van der Waals surface area contributed by atoms with Gasteiger partial charge < -0.3 is 15.2 Å². The summed E-state index contributed by atoms with van der Waals surface area (Å²) in [6, 6.07) is 11.3. The number of benzene rings is 1. The summed E-state index contributed by atoms with van der Waals surface area (Å²) in [6.45, 7) is 2.33. The summed E-state index contributed by atoms with van der Waals surface area (Å²) in [5.74, 6) is 1.41. The van der Waals surface area contributed by atoms with E-state index in [9.17, 15) is 0 Å². The van der Waals surface area contributed by atoms with Crippen molar-refractivity contribution in [1.82, 2.24) is 4.98 Å². The minimum atomic E-state index is 0.473. The molecular weight excluding hydrogens is 228 g/mol. The first kappa shape index (κ1) is 12.2. The van der Waals surface area contributed by atoms with E-state index in [0.717, 1.165) is 17.0 Å². The van der Waals surface area contributed by atoms with Crippen LogP contribution in [0.5, 0.6) is 11.6 Å². The first-order chi connectivity index (χ1) is 8.69. The number of nitrogens with two attached hydrogens (primary N) is 1. The highest BCUT2D eigenvalue weighted by molar-refractivity contribution is 5.43. The lowest BCUT2D eigenvalue weighted by molar-refractivity contribution is 0.293. The average Bonchev–Trinajstić information content (AvgIpc) is 2.41. The highest BCUT2D eigenvalue weighted by Crippen LogP contribution is 2.16. The zero-order valence-electron chi connectivity index (χ0n) is 10.5. The number of anilines is 1. The Kier molecular flexibility index (Phi) is 3.67. The van der Waals surface area contributed by atoms with E-state index in [0.29, 0.717) is 18.2 Å². The molecule has 0 saturated carbocycles. The highest BCUT2D eigenvalue weighted by Gasteiger charge is 2.00. The van der Waals surface area contributed by atoms with Gasteiger partial charge in [0.05, 0.1) is 18.5 Å². The molecule has 0 unspecified atom stereocenters. The van der Waals surface area contributed by atoms with Gasteiger partial charge >= 0.3 is 0 Å². The lowest BCUT2D eigenvalue weighted by Gasteiger charge is -2.07. The van der Waals surface area contributed by atoms with Crippen molar-refractivity contribution >= 4 is 5.69 Å². The molecule has 2 N–H and O–H groups in total. The minimum absolute atomic E-state index is 0.473. The molecule has 0 radical (unpaired) electrons. The van der Waals surface area contributed by atoms with Gasteiger partial charge in [-0.2, -0.15) is 0 Å². The van der Waals surface area contributed by atoms with Crippen LogP contribution in [0.1, 0.15) is 11.3 Å². The lowest BCUT2D eigenvalue weighted by atomic mass is 10.2. The predicted octanol–water partition coefficient (Wildman–Crippen LogP) is 2.56. The summed E-state index contributed by atoms with van der Waals surface area (Å²) < 4.78 is 10.7. The molecule has 1 heterocycles. The molecule has 4 heteroatoms. The maximum Gasteiger partial charge on any atom is 0.213 e. The number of hydrogen-bond donors (Lipinski definition) is 1. The van der Waals surface area contributed by atoms with Crippen LogP contribution in [-0.2, 0) is 6.61 Å². The summed E-state index contributed by atoms with van der Waals surface area (Å²) in [5, 5.41) is 0. The van der Waals surface area contributed by atoms with Gasteiger partial charge in [-0.05, 0) is 30.7 Å². The minimum Gasteiger partial charge on any atom is -0.497 e. The normalized spacial score (nSPS) is 10.1. The molecule has 0 amide bonds. The van der Waals surface area contributed by atoms with Crippen LogP contribution in [0.15, 0.2) is 36.4 Å². The lowest BCUT2D eigenvalue weighted by Crippen LogP contribution is -2.00. The van der Waals surface area contributed by atoms with Crippen LogP contribution in [0.3, 0.4) is 0 Å². The molecule has 0 aliphatic carbocycles. The number of pyridine rings is 1. The second-order valence-corrected chi connectivity index (χ2v) is 3.96. The van der Waals surface area contributed by atoms with Crippen LogP contribution in [-0.4, -0.2) is 12.1 Å². The molecule has 0 aliphatic rings. The van der Waals surface area contributed by atoms with Gasteiger partial charge in [0.2, 0.25) is 5.88 Å². The molecule has 18 heavy (non-hydrogen) atoms. The maximum absolute atomic E-state index is 5.70. The Bertz CT molecular complexity index is 524. The fraction of sp³-hybridized carbons (Fsp3) is 0.214. The molecule has 0 fully saturated rings. The number of nitrogens with zero attached hydrogens (tertiary/aromatic N) is 1. The van der Waals surface area contributed by atoms with Crippen LogP contribution < -0.4 is 15.2 Å². The van der Waals surface area contributed by atoms with E-state index in [4.69, 9.17) is 15.2 Å². The van der Waals surface area contributed by atoms with Gasteiger partial charge in [0.25, 0.3) is 0 Å². The second-order valence-electron chi connectivity index (χ2n) is 3.96. The summed E-state index contributed by atoms with van der Waals surface area (Å²) in [5.41, 5.74) is 8.21. The van der Waals surface area contributed by atoms with Crippen molar-refractivity contribution in [3.63, 3.8) is 0 Å². The van der Waals surface area contributed by atoms with Gasteiger partial charge in [0, 0.05) is 6.07 Å². The standard InChI is InChI=1S/C14H16N2O2/c1-10-13(15)7-8-14(16-10)18-9-11-3-5-12(17-2)6-4-11/h3-8H,9,15H2,1-2H3. The van der Waals surface area contributed by atoms with E-state index in [-0.39, 0.29) is 0 Å². The Balaban J connectivity index is 1.99. The van der Waals surface area contributed by atoms with Crippen molar-refractivity contribution in [2.24, 2.45) is 0 Å². The zero-order valence-corrected chi connectivity index (χ0v) is 10.5. The molecular formula is C14H16N2O2. The number of aromatic nitrogens is 1. The number of aryl methyl sites for hydroxylation is 1. The SMILES string of the molecule is COc1ccc(COc2ccc(N)c(C)n2)cc1. The second kappa shape index (κ2) is 5.40. The number of ether oxygens (including phenoxy) is 2. The van der Waals surface area contributed by atoms with Crippen molar-refractivity contribution in [2.75, 3.05) is 12.8 Å². The van der Waals surface area contributed by atoms with Gasteiger partial charge in [-0.25, -0.2) is 4.98 Å². The Morgan fingerprint density at radius 3 is 2.44 bits per heavy atom. The number of hydrogen-bond acceptors (Lipinski definition) is 4. The van der Waals surface area contributed by atoms with Crippen molar-refractivity contribution in [3.05, 3.63) is 47.7 Å². The van der Waals surface area contributed by atoms with Gasteiger partial charge in [0.1, 0.15) is 12.4 Å². The topological polar surface area (TPSA) is 57.4 Å². The first-order valence-corrected chi connectivity index (χ1v) is 5.68. The van der Waals surface area contributed by atoms with Crippen molar-refractivity contribution < 1.29 is 9.47 Å². The third-order valence-electron chi connectivity index (χ3n) is 2.65. The smallest absolute Gasteiger partial charge is 0.213 e. The van der Waals surface area contributed by atoms with E-state index >= 15 is 0 Å². The highest BCUT2D eigenvalue weighted by atomic mass is 16.5. The van der Waals surface area contributed by atoms with E-state index in [1.165, 1.54) is 0 Å². The molecule has 0 aliphatic heterocycles. The summed E-state index contributed by atoms with van der Waals surface area (Å²) in [6.07, 6.45) is 0. The fourth-order valence-electron chi connectivity index (χ4n) is 1.51. The summed E-state index contributed by atoms with van der Waals surface area (Å²) in [4.78, 5) is 4.25. The van der Waals surface area contributed by atoms with Gasteiger partial charge in [0.15, 0.2) is 0 Å². The Morgan fingerprint density at radius 1 is 1.11 bits per heavy atom. The van der Waals surface area contributed by atoms with Gasteiger partial charge in [-0.3, -0.25) is 0 Å². The molecule has 2 rings (SSSR count). The number of methoxy groups -OCH3 is 1. The molecule has 1 aromatic carbocycles. The molecule has 0 spiro atoms. The maximum atomic E-state index is 5.70. The van der Waals surface area contributed by atoms with Crippen LogP contribution >= 0.6 is 0 Å². The van der Waals surface area contributed by atoms with Gasteiger partial charge in [-0.15, -0.1) is 0 Å². The molecule has 2 aromatic rings. The molecule has 0 saturated heterocycles. The molecule has 4 nitrogen and oxygen atoms in total. The Morgan fingerprint density at radius 2 is 1.83 bits per heavy atom. The monoisotopic (exact) mass is 244 g/mol. The summed E-state index contributed by atoms with van der Waals surface area (Å²) in [7, 11) is 1.65. The van der Waals surface area contributed by atoms with E-state index in [2.05, 4.69) is 4.98 Å². The largest absolute Gasteiger partial charge is 0.497 e. The number of nitrogen functional groups attached to an aromatic ring is 1. The Hall–Kier alpha value is -2.23. The summed E-state index contributed by atoms with van der Waals surface area (Å²) >= 11 is 0. The zero-order chi connectivity index (χ0) is 13.0. The van der Waals surface area contributed by atoms with Crippen LogP contribution in [0.2, 0.25) is 0 Å². The Labute approximate surface area is 106 Å². The fourth-order valence-corrected chi connectivity index (χ4v) is 1.51. The molecule has 0 atom stereocenters. The molecule has 0 bridgehead atoms. The van der Waals surface area contributed by atoms with Crippen molar-refractivity contribution in [3.8, 4) is 11.6 Å². The van der Waals surface area contributed by atoms with Crippen LogP contribution in [0.25, 0.3) is 0 Å². The van der Waals surface area contributed by atoms with Crippen LogP contribution in [0, 0.1) is 6.92 Å². The van der Waals surface area contributed by atoms with Gasteiger partial charge in [-0.1, -0.05) is 12.1 Å². The van der Waals surface area contributed by atoms with Crippen molar-refractivity contribution in [2.45, 2.75) is 13.5 Å². The van der Waals surface area contributed by atoms with Crippen molar-refractivity contribution in [1.29, 1.82) is 0 Å². The predicted molar refractivity (Wildman–Crippen MR) is 70.7 cm³/mol. The average molecular weight is 244 g/mol. The molecule has 1 aromatic heterocycles. The van der Waals surface area contributed by atoms with E-state index in [1.807, 2.05) is 31.2 Å². The van der Waals surface area contributed by atoms with E-state index < -0.39 is 0 Å². The number of rotatable bonds is 4. The third-order valence-corrected chi connectivity index (χ3v) is 2.65.